The molecule has 0 atom stereocenters. The van der Waals surface area contributed by atoms with Crippen molar-refractivity contribution >= 4 is 5.97 Å². The zero-order valence-electron chi connectivity index (χ0n) is 11.8. The molecule has 4 heteroatoms. The minimum Gasteiger partial charge on any atom is -0.481 e. The van der Waals surface area contributed by atoms with Gasteiger partial charge in [0.1, 0.15) is 0 Å². The van der Waals surface area contributed by atoms with E-state index in [2.05, 4.69) is 9.97 Å². The summed E-state index contributed by atoms with van der Waals surface area (Å²) in [6, 6.07) is 13.4. The Hall–Kier alpha value is -3.01. The van der Waals surface area contributed by atoms with Crippen LogP contribution >= 0.6 is 0 Å². The Morgan fingerprint density at radius 1 is 0.909 bits per heavy atom. The van der Waals surface area contributed by atoms with Crippen LogP contribution in [0.3, 0.4) is 0 Å². The number of hydrogen-bond acceptors (Lipinski definition) is 3. The number of benzene rings is 1. The van der Waals surface area contributed by atoms with Crippen LogP contribution in [0, 0.1) is 0 Å². The summed E-state index contributed by atoms with van der Waals surface area (Å²) in [7, 11) is 0. The summed E-state index contributed by atoms with van der Waals surface area (Å²) < 4.78 is 0. The van der Waals surface area contributed by atoms with E-state index in [1.54, 1.807) is 24.8 Å². The highest BCUT2D eigenvalue weighted by Crippen LogP contribution is 2.29. The van der Waals surface area contributed by atoms with Crippen LogP contribution in [0.5, 0.6) is 0 Å². The van der Waals surface area contributed by atoms with Gasteiger partial charge in [-0.05, 0) is 34.9 Å². The lowest BCUT2D eigenvalue weighted by Gasteiger charge is -2.11. The van der Waals surface area contributed by atoms with Crippen molar-refractivity contribution in [2.75, 3.05) is 0 Å². The maximum Gasteiger partial charge on any atom is 0.307 e. The second-order valence-electron chi connectivity index (χ2n) is 4.93. The number of hydrogen-bond donors (Lipinski definition) is 1. The van der Waals surface area contributed by atoms with Crippen LogP contribution < -0.4 is 0 Å². The monoisotopic (exact) mass is 290 g/mol. The number of carboxylic acids is 1. The van der Waals surface area contributed by atoms with Gasteiger partial charge in [-0.25, -0.2) is 0 Å². The fraction of sp³-hybridized carbons (Fsp3) is 0.0556. The Bertz CT molecular complexity index is 787. The second kappa shape index (κ2) is 6.18. The maximum atomic E-state index is 11.1. The molecular weight excluding hydrogens is 276 g/mol. The molecule has 2 aromatic heterocycles. The zero-order valence-corrected chi connectivity index (χ0v) is 11.8. The van der Waals surface area contributed by atoms with Crippen LogP contribution in [0.1, 0.15) is 5.56 Å². The lowest BCUT2D eigenvalue weighted by atomic mass is 9.94. The number of pyridine rings is 2. The second-order valence-corrected chi connectivity index (χ2v) is 4.93. The summed E-state index contributed by atoms with van der Waals surface area (Å²) in [6.45, 7) is 0. The van der Waals surface area contributed by atoms with E-state index in [0.29, 0.717) is 0 Å². The van der Waals surface area contributed by atoms with E-state index in [1.165, 1.54) is 0 Å². The Balaban J connectivity index is 2.12. The highest BCUT2D eigenvalue weighted by molar-refractivity contribution is 5.79. The van der Waals surface area contributed by atoms with Crippen molar-refractivity contribution in [1.82, 2.24) is 9.97 Å². The third-order valence-corrected chi connectivity index (χ3v) is 3.42. The van der Waals surface area contributed by atoms with Gasteiger partial charge in [-0.2, -0.15) is 0 Å². The van der Waals surface area contributed by atoms with Crippen molar-refractivity contribution in [1.29, 1.82) is 0 Å². The SMILES string of the molecule is O=C(O)Cc1ccc(-c2cccnc2)cc1-c1cccnc1. The highest BCUT2D eigenvalue weighted by Gasteiger charge is 2.11. The van der Waals surface area contributed by atoms with Crippen LogP contribution in [-0.2, 0) is 11.2 Å². The first-order chi connectivity index (χ1) is 10.7. The van der Waals surface area contributed by atoms with Crippen LogP contribution in [0.15, 0.2) is 67.3 Å². The van der Waals surface area contributed by atoms with Crippen molar-refractivity contribution in [3.8, 4) is 22.3 Å². The molecule has 0 spiro atoms. The van der Waals surface area contributed by atoms with Gasteiger partial charge in [-0.1, -0.05) is 24.3 Å². The predicted molar refractivity (Wildman–Crippen MR) is 84.2 cm³/mol. The van der Waals surface area contributed by atoms with E-state index in [-0.39, 0.29) is 6.42 Å². The molecule has 1 N–H and O–H groups in total. The largest absolute Gasteiger partial charge is 0.481 e. The van der Waals surface area contributed by atoms with Crippen molar-refractivity contribution in [2.24, 2.45) is 0 Å². The Morgan fingerprint density at radius 3 is 2.18 bits per heavy atom. The van der Waals surface area contributed by atoms with E-state index in [1.807, 2.05) is 42.5 Å². The number of aromatic nitrogens is 2. The zero-order chi connectivity index (χ0) is 15.4. The van der Waals surface area contributed by atoms with Gasteiger partial charge in [0.05, 0.1) is 6.42 Å². The van der Waals surface area contributed by atoms with Crippen molar-refractivity contribution in [3.63, 3.8) is 0 Å². The van der Waals surface area contributed by atoms with Gasteiger partial charge in [0.25, 0.3) is 0 Å². The van der Waals surface area contributed by atoms with Gasteiger partial charge in [0.2, 0.25) is 0 Å². The molecule has 0 fully saturated rings. The van der Waals surface area contributed by atoms with Crippen LogP contribution in [0.25, 0.3) is 22.3 Å². The molecule has 2 heterocycles. The molecule has 0 saturated carbocycles. The fourth-order valence-electron chi connectivity index (χ4n) is 2.40. The lowest BCUT2D eigenvalue weighted by Crippen LogP contribution is -2.02. The molecule has 4 nitrogen and oxygen atoms in total. The van der Waals surface area contributed by atoms with Crippen LogP contribution in [-0.4, -0.2) is 21.0 Å². The molecular formula is C18H14N2O2. The molecule has 3 rings (SSSR count). The average Bonchev–Trinajstić information content (AvgIpc) is 2.56. The van der Waals surface area contributed by atoms with E-state index in [9.17, 15) is 4.79 Å². The summed E-state index contributed by atoms with van der Waals surface area (Å²) in [5.41, 5.74) is 4.56. The number of nitrogens with zero attached hydrogens (tertiary/aromatic N) is 2. The quantitative estimate of drug-likeness (QED) is 0.799. The van der Waals surface area contributed by atoms with E-state index in [4.69, 9.17) is 5.11 Å². The first-order valence-electron chi connectivity index (χ1n) is 6.89. The molecule has 0 bridgehead atoms. The number of aliphatic carboxylic acids is 1. The summed E-state index contributed by atoms with van der Waals surface area (Å²) >= 11 is 0. The molecule has 0 aliphatic rings. The van der Waals surface area contributed by atoms with Crippen LogP contribution in [0.4, 0.5) is 0 Å². The molecule has 0 radical (unpaired) electrons. The van der Waals surface area contributed by atoms with E-state index in [0.717, 1.165) is 27.8 Å². The van der Waals surface area contributed by atoms with Crippen LogP contribution in [0.2, 0.25) is 0 Å². The van der Waals surface area contributed by atoms with Crippen molar-refractivity contribution < 1.29 is 9.90 Å². The molecule has 0 aliphatic heterocycles. The normalized spacial score (nSPS) is 10.4. The Labute approximate surface area is 128 Å². The number of carboxylic acid groups (broad SMARTS) is 1. The van der Waals surface area contributed by atoms with Crippen molar-refractivity contribution in [2.45, 2.75) is 6.42 Å². The summed E-state index contributed by atoms with van der Waals surface area (Å²) in [4.78, 5) is 19.3. The maximum absolute atomic E-state index is 11.1. The first kappa shape index (κ1) is 13.9. The van der Waals surface area contributed by atoms with Crippen molar-refractivity contribution in [3.05, 3.63) is 72.8 Å². The predicted octanol–water partition coefficient (Wildman–Crippen LogP) is 3.44. The summed E-state index contributed by atoms with van der Waals surface area (Å²) in [5.74, 6) is -0.848. The minimum absolute atomic E-state index is 0.0163. The summed E-state index contributed by atoms with van der Waals surface area (Å²) in [6.07, 6.45) is 6.94. The summed E-state index contributed by atoms with van der Waals surface area (Å²) in [5, 5.41) is 9.10. The number of rotatable bonds is 4. The molecule has 0 saturated heterocycles. The Morgan fingerprint density at radius 2 is 1.59 bits per heavy atom. The fourth-order valence-corrected chi connectivity index (χ4v) is 2.40. The van der Waals surface area contributed by atoms with Gasteiger partial charge in [0.15, 0.2) is 0 Å². The Kier molecular flexibility index (Phi) is 3.92. The third-order valence-electron chi connectivity index (χ3n) is 3.42. The molecule has 0 aliphatic carbocycles. The van der Waals surface area contributed by atoms with Gasteiger partial charge >= 0.3 is 5.97 Å². The van der Waals surface area contributed by atoms with E-state index >= 15 is 0 Å². The standard InChI is InChI=1S/C18H14N2O2/c21-18(22)10-14-6-5-13(15-3-1-7-19-11-15)9-17(14)16-4-2-8-20-12-16/h1-9,11-12H,10H2,(H,21,22). The minimum atomic E-state index is -0.848. The molecule has 108 valence electrons. The van der Waals surface area contributed by atoms with Gasteiger partial charge in [-0.15, -0.1) is 0 Å². The third kappa shape index (κ3) is 3.01. The molecule has 0 unspecified atom stereocenters. The smallest absolute Gasteiger partial charge is 0.307 e. The molecule has 0 amide bonds. The topological polar surface area (TPSA) is 63.1 Å². The molecule has 22 heavy (non-hydrogen) atoms. The highest BCUT2D eigenvalue weighted by atomic mass is 16.4. The first-order valence-corrected chi connectivity index (χ1v) is 6.89. The van der Waals surface area contributed by atoms with E-state index < -0.39 is 5.97 Å². The molecule has 3 aromatic rings. The van der Waals surface area contributed by atoms with Gasteiger partial charge in [0, 0.05) is 35.9 Å². The lowest BCUT2D eigenvalue weighted by molar-refractivity contribution is -0.136. The molecule has 1 aromatic carbocycles. The van der Waals surface area contributed by atoms with Gasteiger partial charge in [-0.3, -0.25) is 14.8 Å². The average molecular weight is 290 g/mol. The van der Waals surface area contributed by atoms with Gasteiger partial charge < -0.3 is 5.11 Å². The number of carbonyl (C=O) groups is 1.